The molecule has 0 aromatic heterocycles. The van der Waals surface area contributed by atoms with Crippen molar-refractivity contribution in [3.05, 3.63) is 0 Å². The summed E-state index contributed by atoms with van der Waals surface area (Å²) in [4.78, 5) is 0. The maximum Gasteiger partial charge on any atom is 0.102 e. The molecule has 0 amide bonds. The van der Waals surface area contributed by atoms with Crippen LogP contribution in [0.3, 0.4) is 0 Å². The summed E-state index contributed by atoms with van der Waals surface area (Å²) in [6.07, 6.45) is 13.6. The van der Waals surface area contributed by atoms with Crippen LogP contribution in [-0.4, -0.2) is 54.6 Å². The molecule has 4 heteroatoms. The molecule has 0 aromatic carbocycles. The van der Waals surface area contributed by atoms with Crippen LogP contribution < -0.4 is 17.0 Å². The minimum atomic E-state index is 0. The minimum Gasteiger partial charge on any atom is -1.00 e. The molecule has 0 spiro atoms. The Morgan fingerprint density at radius 3 is 1.38 bits per heavy atom. The standard InChI is InChI=1S/C17H38NO2.BrH/c1-3-4-5-6-7-8-9-10-11-12-13-18(2,14-16-19)15-17-20;/h19-20H,3-17H2,1-2H3;1H/q+1;/p-1. The lowest BCUT2D eigenvalue weighted by molar-refractivity contribution is -0.910. The van der Waals surface area contributed by atoms with Crippen molar-refractivity contribution in [3.63, 3.8) is 0 Å². The van der Waals surface area contributed by atoms with Crippen LogP contribution in [0.4, 0.5) is 0 Å². The van der Waals surface area contributed by atoms with E-state index in [1.807, 2.05) is 0 Å². The van der Waals surface area contributed by atoms with Crippen molar-refractivity contribution in [3.8, 4) is 0 Å². The lowest BCUT2D eigenvalue weighted by atomic mass is 10.1. The molecular weight excluding hydrogens is 330 g/mol. The zero-order valence-electron chi connectivity index (χ0n) is 14.3. The molecule has 0 aliphatic rings. The van der Waals surface area contributed by atoms with Crippen LogP contribution in [0.2, 0.25) is 0 Å². The Hall–Kier alpha value is 0.360. The van der Waals surface area contributed by atoms with E-state index in [1.165, 1.54) is 64.2 Å². The van der Waals surface area contributed by atoms with Gasteiger partial charge < -0.3 is 31.7 Å². The van der Waals surface area contributed by atoms with Gasteiger partial charge >= 0.3 is 0 Å². The fourth-order valence-electron chi connectivity index (χ4n) is 2.80. The largest absolute Gasteiger partial charge is 1.00 e. The first-order valence-corrected chi connectivity index (χ1v) is 8.74. The first-order valence-electron chi connectivity index (χ1n) is 8.74. The summed E-state index contributed by atoms with van der Waals surface area (Å²) in [6, 6.07) is 0. The molecule has 0 heterocycles. The van der Waals surface area contributed by atoms with Gasteiger partial charge in [-0.2, -0.15) is 0 Å². The Balaban J connectivity index is 0. The van der Waals surface area contributed by atoms with Crippen molar-refractivity contribution < 1.29 is 31.7 Å². The number of halogens is 1. The van der Waals surface area contributed by atoms with Gasteiger partial charge in [-0.1, -0.05) is 58.3 Å². The average molecular weight is 368 g/mol. The Bertz CT molecular complexity index is 197. The highest BCUT2D eigenvalue weighted by Crippen LogP contribution is 2.12. The molecule has 0 atom stereocenters. The second kappa shape index (κ2) is 16.7. The fraction of sp³-hybridized carbons (Fsp3) is 1.00. The molecule has 0 saturated heterocycles. The number of unbranched alkanes of at least 4 members (excludes halogenated alkanes) is 9. The van der Waals surface area contributed by atoms with Gasteiger partial charge in [0.05, 0.1) is 26.8 Å². The summed E-state index contributed by atoms with van der Waals surface area (Å²) in [7, 11) is 2.14. The third-order valence-corrected chi connectivity index (χ3v) is 4.33. The maximum atomic E-state index is 9.09. The van der Waals surface area contributed by atoms with Crippen LogP contribution in [0.25, 0.3) is 0 Å². The molecule has 21 heavy (non-hydrogen) atoms. The molecule has 0 rings (SSSR count). The molecule has 0 aromatic rings. The van der Waals surface area contributed by atoms with Gasteiger partial charge in [0.15, 0.2) is 0 Å². The predicted molar refractivity (Wildman–Crippen MR) is 86.8 cm³/mol. The lowest BCUT2D eigenvalue weighted by Crippen LogP contribution is -3.00. The van der Waals surface area contributed by atoms with E-state index < -0.39 is 0 Å². The monoisotopic (exact) mass is 367 g/mol. The van der Waals surface area contributed by atoms with E-state index in [2.05, 4.69) is 14.0 Å². The van der Waals surface area contributed by atoms with Gasteiger partial charge in [-0.05, 0) is 12.8 Å². The molecule has 0 fully saturated rings. The van der Waals surface area contributed by atoms with Gasteiger partial charge in [-0.25, -0.2) is 0 Å². The lowest BCUT2D eigenvalue weighted by Gasteiger charge is -2.33. The van der Waals surface area contributed by atoms with E-state index >= 15 is 0 Å². The fourth-order valence-corrected chi connectivity index (χ4v) is 2.80. The van der Waals surface area contributed by atoms with Crippen molar-refractivity contribution in [2.75, 3.05) is 39.9 Å². The highest BCUT2D eigenvalue weighted by atomic mass is 79.9. The number of aliphatic hydroxyl groups excluding tert-OH is 2. The van der Waals surface area contributed by atoms with Crippen molar-refractivity contribution in [2.45, 2.75) is 71.1 Å². The molecule has 0 unspecified atom stereocenters. The van der Waals surface area contributed by atoms with Crippen molar-refractivity contribution in [2.24, 2.45) is 0 Å². The average Bonchev–Trinajstić information content (AvgIpc) is 2.41. The second-order valence-electron chi connectivity index (χ2n) is 6.42. The molecule has 0 aliphatic carbocycles. The number of hydrogen-bond acceptors (Lipinski definition) is 2. The first-order chi connectivity index (χ1) is 9.68. The predicted octanol–water partition coefficient (Wildman–Crippen LogP) is 0.343. The van der Waals surface area contributed by atoms with Crippen molar-refractivity contribution in [1.82, 2.24) is 0 Å². The summed E-state index contributed by atoms with van der Waals surface area (Å²) < 4.78 is 0.810. The number of quaternary nitrogens is 1. The number of likely N-dealkylation sites (N-methyl/N-ethyl adjacent to an activating group) is 1. The third-order valence-electron chi connectivity index (χ3n) is 4.33. The zero-order chi connectivity index (χ0) is 15.1. The zero-order valence-corrected chi connectivity index (χ0v) is 15.9. The molecule has 3 nitrogen and oxygen atoms in total. The highest BCUT2D eigenvalue weighted by Gasteiger charge is 2.19. The van der Waals surface area contributed by atoms with E-state index in [4.69, 9.17) is 10.2 Å². The Kier molecular flexibility index (Phi) is 18.8. The molecule has 130 valence electrons. The Morgan fingerprint density at radius 2 is 1.00 bits per heavy atom. The quantitative estimate of drug-likeness (QED) is 0.323. The van der Waals surface area contributed by atoms with Gasteiger partial charge in [0.2, 0.25) is 0 Å². The van der Waals surface area contributed by atoms with Crippen LogP contribution in [0.1, 0.15) is 71.1 Å². The minimum absolute atomic E-state index is 0. The SMILES string of the molecule is CCCCCCCCCCCC[N+](C)(CCO)CCO.[Br-]. The Morgan fingerprint density at radius 1 is 0.619 bits per heavy atom. The topological polar surface area (TPSA) is 40.5 Å². The number of aliphatic hydroxyl groups is 2. The van der Waals surface area contributed by atoms with Gasteiger partial charge in [0, 0.05) is 0 Å². The number of rotatable bonds is 15. The molecule has 0 saturated carbocycles. The van der Waals surface area contributed by atoms with Gasteiger partial charge in [-0.3, -0.25) is 0 Å². The summed E-state index contributed by atoms with van der Waals surface area (Å²) in [5, 5.41) is 18.2. The van der Waals surface area contributed by atoms with E-state index in [-0.39, 0.29) is 30.2 Å². The van der Waals surface area contributed by atoms with Crippen molar-refractivity contribution in [1.29, 1.82) is 0 Å². The summed E-state index contributed by atoms with van der Waals surface area (Å²) in [5.41, 5.74) is 0. The molecule has 0 radical (unpaired) electrons. The van der Waals surface area contributed by atoms with E-state index in [0.717, 1.165) is 24.1 Å². The van der Waals surface area contributed by atoms with Gasteiger partial charge in [0.25, 0.3) is 0 Å². The van der Waals surface area contributed by atoms with E-state index in [1.54, 1.807) is 0 Å². The van der Waals surface area contributed by atoms with Crippen LogP contribution in [0.5, 0.6) is 0 Å². The smallest absolute Gasteiger partial charge is 0.102 e. The van der Waals surface area contributed by atoms with Crippen molar-refractivity contribution >= 4 is 0 Å². The van der Waals surface area contributed by atoms with Gasteiger partial charge in [0.1, 0.15) is 13.1 Å². The molecule has 0 aliphatic heterocycles. The second-order valence-corrected chi connectivity index (χ2v) is 6.42. The highest BCUT2D eigenvalue weighted by molar-refractivity contribution is 4.48. The van der Waals surface area contributed by atoms with Crippen LogP contribution in [-0.2, 0) is 0 Å². The third kappa shape index (κ3) is 15.0. The molecule has 0 bridgehead atoms. The van der Waals surface area contributed by atoms with Crippen LogP contribution >= 0.6 is 0 Å². The maximum absolute atomic E-state index is 9.09. The molecular formula is C17H38BrNO2. The summed E-state index contributed by atoms with van der Waals surface area (Å²) in [5.74, 6) is 0. The van der Waals surface area contributed by atoms with E-state index in [0.29, 0.717) is 0 Å². The first kappa shape index (κ1) is 23.6. The molecule has 2 N–H and O–H groups in total. The summed E-state index contributed by atoms with van der Waals surface area (Å²) >= 11 is 0. The van der Waals surface area contributed by atoms with Gasteiger partial charge in [-0.15, -0.1) is 0 Å². The number of nitrogens with zero attached hydrogens (tertiary/aromatic N) is 1. The van der Waals surface area contributed by atoms with Crippen LogP contribution in [0.15, 0.2) is 0 Å². The number of hydrogen-bond donors (Lipinski definition) is 2. The van der Waals surface area contributed by atoms with E-state index in [9.17, 15) is 0 Å². The van der Waals surface area contributed by atoms with Crippen LogP contribution in [0, 0.1) is 0 Å². The Labute approximate surface area is 143 Å². The normalized spacial score (nSPS) is 11.4. The summed E-state index contributed by atoms with van der Waals surface area (Å²) in [6.45, 7) is 5.30.